The lowest BCUT2D eigenvalue weighted by Crippen LogP contribution is -2.38. The van der Waals surface area contributed by atoms with Crippen molar-refractivity contribution in [2.24, 2.45) is 0 Å². The van der Waals surface area contributed by atoms with E-state index >= 15 is 0 Å². The number of benzene rings is 1. The van der Waals surface area contributed by atoms with Crippen LogP contribution in [0, 0.1) is 0 Å². The molecule has 2 aromatic rings. The Kier molecular flexibility index (Phi) is 4.51. The van der Waals surface area contributed by atoms with E-state index in [0.717, 1.165) is 32.6 Å². The molecular formula is C17H22N2O. The van der Waals surface area contributed by atoms with Crippen LogP contribution in [0.15, 0.2) is 53.3 Å². The summed E-state index contributed by atoms with van der Waals surface area (Å²) in [7, 11) is 0. The fourth-order valence-electron chi connectivity index (χ4n) is 2.90. The van der Waals surface area contributed by atoms with Crippen LogP contribution in [0.1, 0.15) is 17.5 Å². The maximum absolute atomic E-state index is 5.17. The molecule has 1 atom stereocenters. The Labute approximate surface area is 120 Å². The maximum Gasteiger partial charge on any atom is 0.0947 e. The summed E-state index contributed by atoms with van der Waals surface area (Å²) in [6.45, 7) is 4.35. The van der Waals surface area contributed by atoms with Gasteiger partial charge in [-0.1, -0.05) is 30.3 Å². The van der Waals surface area contributed by atoms with Crippen molar-refractivity contribution >= 4 is 0 Å². The van der Waals surface area contributed by atoms with Crippen LogP contribution in [-0.4, -0.2) is 30.6 Å². The van der Waals surface area contributed by atoms with E-state index in [1.54, 1.807) is 6.26 Å². The first-order valence-electron chi connectivity index (χ1n) is 7.41. The van der Waals surface area contributed by atoms with Gasteiger partial charge in [-0.25, -0.2) is 0 Å². The van der Waals surface area contributed by atoms with Crippen molar-refractivity contribution in [3.05, 3.63) is 60.1 Å². The van der Waals surface area contributed by atoms with Gasteiger partial charge in [0.05, 0.1) is 12.5 Å². The first-order valence-corrected chi connectivity index (χ1v) is 7.41. The molecule has 1 aliphatic heterocycles. The lowest BCUT2D eigenvalue weighted by Gasteiger charge is -2.24. The van der Waals surface area contributed by atoms with Gasteiger partial charge >= 0.3 is 0 Å². The minimum absolute atomic E-state index is 0.534. The first-order chi connectivity index (χ1) is 9.90. The molecule has 0 bridgehead atoms. The highest BCUT2D eigenvalue weighted by Gasteiger charge is 2.18. The van der Waals surface area contributed by atoms with Gasteiger partial charge in [0.1, 0.15) is 0 Å². The predicted octanol–water partition coefficient (Wildman–Crippen LogP) is 2.69. The minimum atomic E-state index is 0.534. The summed E-state index contributed by atoms with van der Waals surface area (Å²) in [4.78, 5) is 2.53. The molecular weight excluding hydrogens is 248 g/mol. The van der Waals surface area contributed by atoms with E-state index in [4.69, 9.17) is 4.42 Å². The number of hydrogen-bond acceptors (Lipinski definition) is 3. The molecule has 106 valence electrons. The van der Waals surface area contributed by atoms with Gasteiger partial charge in [0.25, 0.3) is 0 Å². The molecule has 1 N–H and O–H groups in total. The molecule has 0 saturated carbocycles. The first kappa shape index (κ1) is 13.4. The van der Waals surface area contributed by atoms with Gasteiger partial charge in [-0.2, -0.15) is 0 Å². The molecule has 3 nitrogen and oxygen atoms in total. The summed E-state index contributed by atoms with van der Waals surface area (Å²) < 4.78 is 5.17. The van der Waals surface area contributed by atoms with Crippen molar-refractivity contribution in [3.63, 3.8) is 0 Å². The average molecular weight is 270 g/mol. The van der Waals surface area contributed by atoms with Gasteiger partial charge in [0.2, 0.25) is 0 Å². The predicted molar refractivity (Wildman–Crippen MR) is 80.5 cm³/mol. The van der Waals surface area contributed by atoms with Gasteiger partial charge < -0.3 is 9.73 Å². The van der Waals surface area contributed by atoms with Crippen LogP contribution in [0.3, 0.4) is 0 Å². The highest BCUT2D eigenvalue weighted by atomic mass is 16.3. The topological polar surface area (TPSA) is 28.4 Å². The maximum atomic E-state index is 5.17. The molecule has 1 aromatic heterocycles. The number of nitrogens with one attached hydrogen (secondary N) is 1. The quantitative estimate of drug-likeness (QED) is 0.926. The summed E-state index contributed by atoms with van der Waals surface area (Å²) in [6.07, 6.45) is 5.92. The van der Waals surface area contributed by atoms with Crippen molar-refractivity contribution in [2.75, 3.05) is 19.6 Å². The van der Waals surface area contributed by atoms with E-state index in [2.05, 4.69) is 46.6 Å². The van der Waals surface area contributed by atoms with Gasteiger partial charge in [-0.05, 0) is 37.6 Å². The molecule has 20 heavy (non-hydrogen) atoms. The molecule has 0 radical (unpaired) electrons. The number of furan rings is 1. The number of rotatable bonds is 4. The van der Waals surface area contributed by atoms with E-state index in [0.29, 0.717) is 6.04 Å². The van der Waals surface area contributed by atoms with E-state index < -0.39 is 0 Å². The molecule has 0 spiro atoms. The van der Waals surface area contributed by atoms with Crippen LogP contribution in [0.4, 0.5) is 0 Å². The highest BCUT2D eigenvalue weighted by molar-refractivity contribution is 5.16. The molecule has 0 aliphatic carbocycles. The Balaban J connectivity index is 1.60. The SMILES string of the molecule is c1ccc(CC2CN(Cc3ccoc3)CCCN2)cc1. The van der Waals surface area contributed by atoms with Crippen LogP contribution >= 0.6 is 0 Å². The van der Waals surface area contributed by atoms with Crippen LogP contribution in [0.5, 0.6) is 0 Å². The Morgan fingerprint density at radius 2 is 2.05 bits per heavy atom. The van der Waals surface area contributed by atoms with Crippen LogP contribution in [0.25, 0.3) is 0 Å². The molecule has 0 amide bonds. The molecule has 1 saturated heterocycles. The third kappa shape index (κ3) is 3.71. The van der Waals surface area contributed by atoms with E-state index in [9.17, 15) is 0 Å². The largest absolute Gasteiger partial charge is 0.472 e. The molecule has 1 fully saturated rings. The van der Waals surface area contributed by atoms with Gasteiger partial charge in [0, 0.05) is 24.7 Å². The zero-order chi connectivity index (χ0) is 13.6. The van der Waals surface area contributed by atoms with E-state index in [-0.39, 0.29) is 0 Å². The van der Waals surface area contributed by atoms with Crippen LogP contribution in [0.2, 0.25) is 0 Å². The Hall–Kier alpha value is -1.58. The Morgan fingerprint density at radius 3 is 2.85 bits per heavy atom. The smallest absolute Gasteiger partial charge is 0.0947 e. The highest BCUT2D eigenvalue weighted by Crippen LogP contribution is 2.11. The average Bonchev–Trinajstić information content (AvgIpc) is 2.87. The second-order valence-electron chi connectivity index (χ2n) is 5.56. The van der Waals surface area contributed by atoms with E-state index in [1.165, 1.54) is 17.5 Å². The Morgan fingerprint density at radius 1 is 1.15 bits per heavy atom. The molecule has 3 heteroatoms. The summed E-state index contributed by atoms with van der Waals surface area (Å²) >= 11 is 0. The molecule has 2 heterocycles. The number of hydrogen-bond donors (Lipinski definition) is 1. The molecule has 3 rings (SSSR count). The standard InChI is InChI=1S/C17H22N2O/c1-2-5-15(6-3-1)11-17-13-19(9-4-8-18-17)12-16-7-10-20-14-16/h1-3,5-7,10,14,17-18H,4,8-9,11-13H2. The normalized spacial score (nSPS) is 20.7. The summed E-state index contributed by atoms with van der Waals surface area (Å²) in [5.74, 6) is 0. The van der Waals surface area contributed by atoms with Gasteiger partial charge in [0.15, 0.2) is 0 Å². The fourth-order valence-corrected chi connectivity index (χ4v) is 2.90. The van der Waals surface area contributed by atoms with Crippen molar-refractivity contribution in [1.29, 1.82) is 0 Å². The van der Waals surface area contributed by atoms with E-state index in [1.807, 2.05) is 6.26 Å². The lowest BCUT2D eigenvalue weighted by atomic mass is 10.1. The third-order valence-corrected chi connectivity index (χ3v) is 3.87. The Bertz CT molecular complexity index is 495. The second kappa shape index (κ2) is 6.73. The summed E-state index contributed by atoms with van der Waals surface area (Å²) in [5.41, 5.74) is 2.68. The zero-order valence-corrected chi connectivity index (χ0v) is 11.8. The van der Waals surface area contributed by atoms with Crippen LogP contribution < -0.4 is 5.32 Å². The van der Waals surface area contributed by atoms with Crippen LogP contribution in [-0.2, 0) is 13.0 Å². The summed E-state index contributed by atoms with van der Waals surface area (Å²) in [5, 5.41) is 3.67. The monoisotopic (exact) mass is 270 g/mol. The number of nitrogens with zero attached hydrogens (tertiary/aromatic N) is 1. The zero-order valence-electron chi connectivity index (χ0n) is 11.8. The second-order valence-corrected chi connectivity index (χ2v) is 5.56. The van der Waals surface area contributed by atoms with Gasteiger partial charge in [-0.15, -0.1) is 0 Å². The fraction of sp³-hybridized carbons (Fsp3) is 0.412. The van der Waals surface area contributed by atoms with Crippen molar-refractivity contribution in [1.82, 2.24) is 10.2 Å². The van der Waals surface area contributed by atoms with Crippen molar-refractivity contribution in [2.45, 2.75) is 25.4 Å². The van der Waals surface area contributed by atoms with Gasteiger partial charge in [-0.3, -0.25) is 4.90 Å². The van der Waals surface area contributed by atoms with Crippen molar-refractivity contribution in [3.8, 4) is 0 Å². The summed E-state index contributed by atoms with van der Waals surface area (Å²) in [6, 6.07) is 13.3. The molecule has 1 aliphatic rings. The van der Waals surface area contributed by atoms with Crippen molar-refractivity contribution < 1.29 is 4.42 Å². The lowest BCUT2D eigenvalue weighted by molar-refractivity contribution is 0.258. The molecule has 1 aromatic carbocycles. The molecule has 1 unspecified atom stereocenters. The minimum Gasteiger partial charge on any atom is -0.472 e. The third-order valence-electron chi connectivity index (χ3n) is 3.87.